The summed E-state index contributed by atoms with van der Waals surface area (Å²) in [4.78, 5) is 35.5. The van der Waals surface area contributed by atoms with Crippen molar-refractivity contribution in [2.45, 2.75) is 45.8 Å². The fourth-order valence-corrected chi connectivity index (χ4v) is 3.68. The zero-order chi connectivity index (χ0) is 20.0. The van der Waals surface area contributed by atoms with Gasteiger partial charge in [0.2, 0.25) is 0 Å². The Labute approximate surface area is 157 Å². The van der Waals surface area contributed by atoms with Crippen LogP contribution in [0, 0.1) is 0 Å². The Morgan fingerprint density at radius 3 is 2.30 bits per heavy atom. The molecule has 1 N–H and O–H groups in total. The summed E-state index contributed by atoms with van der Waals surface area (Å²) in [7, 11) is -4.03. The lowest BCUT2D eigenvalue weighted by Gasteiger charge is -2.24. The number of ether oxygens (including phenoxy) is 1. The quantitative estimate of drug-likeness (QED) is 0.383. The number of hydrogen-bond donors (Lipinski definition) is 1. The van der Waals surface area contributed by atoms with Crippen molar-refractivity contribution in [3.8, 4) is 5.75 Å². The number of esters is 1. The molecule has 0 aliphatic carbocycles. The molecule has 1 saturated heterocycles. The first kappa shape index (κ1) is 21.1. The summed E-state index contributed by atoms with van der Waals surface area (Å²) < 4.78 is 28.9. The number of rotatable bonds is 9. The van der Waals surface area contributed by atoms with Gasteiger partial charge in [-0.05, 0) is 32.9 Å². The van der Waals surface area contributed by atoms with E-state index in [1.807, 2.05) is 0 Å². The van der Waals surface area contributed by atoms with E-state index in [4.69, 9.17) is 13.9 Å². The van der Waals surface area contributed by atoms with E-state index < -0.39 is 37.7 Å². The first-order valence-corrected chi connectivity index (χ1v) is 10.3. The lowest BCUT2D eigenvalue weighted by Crippen LogP contribution is -2.38. The van der Waals surface area contributed by atoms with E-state index in [1.165, 1.54) is 6.92 Å². The lowest BCUT2D eigenvalue weighted by atomic mass is 10.3. The number of carbonyl (C=O) groups excluding carboxylic acids is 3. The van der Waals surface area contributed by atoms with Gasteiger partial charge in [-0.1, -0.05) is 18.2 Å². The topological polar surface area (TPSA) is 111 Å². The summed E-state index contributed by atoms with van der Waals surface area (Å²) in [6, 6.07) is 7.40. The van der Waals surface area contributed by atoms with Crippen LogP contribution in [0.15, 0.2) is 30.3 Å². The molecule has 27 heavy (non-hydrogen) atoms. The highest BCUT2D eigenvalue weighted by Crippen LogP contribution is 2.49. The normalized spacial score (nSPS) is 17.7. The molecule has 0 radical (unpaired) electrons. The molecule has 0 saturated carbocycles. The number of nitrogens with one attached hydrogen (secondary N) is 1. The SMILES string of the molecule is CC(C)OC(=O)[C@H](C)NC[P@](=O)(Oc1ccccc1)ON1C(=O)CCC1=O. The van der Waals surface area contributed by atoms with Crippen molar-refractivity contribution in [1.29, 1.82) is 0 Å². The highest BCUT2D eigenvalue weighted by Gasteiger charge is 2.39. The Balaban J connectivity index is 2.11. The summed E-state index contributed by atoms with van der Waals surface area (Å²) in [5.74, 6) is -1.49. The Morgan fingerprint density at radius 1 is 1.15 bits per heavy atom. The van der Waals surface area contributed by atoms with Crippen LogP contribution in [0.5, 0.6) is 5.75 Å². The summed E-state index contributed by atoms with van der Waals surface area (Å²) in [6.07, 6.45) is -0.748. The monoisotopic (exact) mass is 398 g/mol. The van der Waals surface area contributed by atoms with Crippen LogP contribution in [0.3, 0.4) is 0 Å². The standard InChI is InChI=1S/C17H23N2O7P/c1-12(2)24-17(22)13(3)18-11-27(23,25-14-7-5-4-6-8-14)26-19-15(20)9-10-16(19)21/h4-8,12-13,18H,9-11H2,1-3H3/t13-,27-/m0/s1. The van der Waals surface area contributed by atoms with Gasteiger partial charge in [0.25, 0.3) is 11.8 Å². The highest BCUT2D eigenvalue weighted by molar-refractivity contribution is 7.54. The van der Waals surface area contributed by atoms with Gasteiger partial charge in [0.15, 0.2) is 0 Å². The second-order valence-corrected chi connectivity index (χ2v) is 8.13. The van der Waals surface area contributed by atoms with Gasteiger partial charge >= 0.3 is 13.6 Å². The molecule has 0 aromatic heterocycles. The molecule has 148 valence electrons. The average molecular weight is 398 g/mol. The minimum absolute atomic E-state index is 0.0191. The highest BCUT2D eigenvalue weighted by atomic mass is 31.2. The van der Waals surface area contributed by atoms with E-state index in [0.29, 0.717) is 5.06 Å². The maximum Gasteiger partial charge on any atom is 0.414 e. The molecule has 9 nitrogen and oxygen atoms in total. The zero-order valence-electron chi connectivity index (χ0n) is 15.4. The molecular weight excluding hydrogens is 375 g/mol. The van der Waals surface area contributed by atoms with E-state index in [1.54, 1.807) is 44.2 Å². The third-order valence-corrected chi connectivity index (χ3v) is 4.97. The summed E-state index contributed by atoms with van der Waals surface area (Å²) in [5, 5.41) is 3.19. The number of imide groups is 1. The fraction of sp³-hybridized carbons (Fsp3) is 0.471. The molecule has 10 heteroatoms. The van der Waals surface area contributed by atoms with Crippen LogP contribution in [-0.2, 0) is 28.3 Å². The number of benzene rings is 1. The van der Waals surface area contributed by atoms with Crippen molar-refractivity contribution < 1.29 is 32.8 Å². The van der Waals surface area contributed by atoms with Crippen molar-refractivity contribution in [1.82, 2.24) is 10.4 Å². The minimum atomic E-state index is -4.03. The second kappa shape index (κ2) is 9.12. The summed E-state index contributed by atoms with van der Waals surface area (Å²) >= 11 is 0. The molecule has 1 fully saturated rings. The summed E-state index contributed by atoms with van der Waals surface area (Å²) in [6.45, 7) is 4.95. The van der Waals surface area contributed by atoms with Gasteiger partial charge in [-0.25, -0.2) is 4.57 Å². The molecule has 0 unspecified atom stereocenters. The van der Waals surface area contributed by atoms with E-state index in [0.717, 1.165) is 0 Å². The van der Waals surface area contributed by atoms with Gasteiger partial charge in [0.05, 0.1) is 6.10 Å². The number of hydroxylamine groups is 2. The summed E-state index contributed by atoms with van der Waals surface area (Å²) in [5.41, 5.74) is 0. The van der Waals surface area contributed by atoms with Crippen molar-refractivity contribution in [3.05, 3.63) is 30.3 Å². The third-order valence-electron chi connectivity index (χ3n) is 3.50. The predicted molar refractivity (Wildman–Crippen MR) is 95.5 cm³/mol. The van der Waals surface area contributed by atoms with Gasteiger partial charge in [0.1, 0.15) is 18.1 Å². The van der Waals surface area contributed by atoms with Gasteiger partial charge in [-0.2, -0.15) is 4.62 Å². The van der Waals surface area contributed by atoms with Crippen LogP contribution in [0.4, 0.5) is 0 Å². The molecule has 2 atom stereocenters. The Morgan fingerprint density at radius 2 is 1.74 bits per heavy atom. The molecule has 2 rings (SSSR count). The maximum atomic E-state index is 13.2. The van der Waals surface area contributed by atoms with E-state index in [2.05, 4.69) is 5.32 Å². The molecule has 1 aromatic carbocycles. The Hall–Kier alpha value is -2.22. The van der Waals surface area contributed by atoms with Crippen molar-refractivity contribution in [3.63, 3.8) is 0 Å². The predicted octanol–water partition coefficient (Wildman–Crippen LogP) is 2.23. The van der Waals surface area contributed by atoms with Gasteiger partial charge in [-0.15, -0.1) is 5.06 Å². The Bertz CT molecular complexity index is 722. The molecule has 1 aromatic rings. The van der Waals surface area contributed by atoms with E-state index in [-0.39, 0.29) is 24.7 Å². The van der Waals surface area contributed by atoms with Crippen molar-refractivity contribution in [2.24, 2.45) is 0 Å². The largest absolute Gasteiger partial charge is 0.462 e. The van der Waals surface area contributed by atoms with Gasteiger partial charge in [0, 0.05) is 12.8 Å². The zero-order valence-corrected chi connectivity index (χ0v) is 16.3. The smallest absolute Gasteiger partial charge is 0.414 e. The second-order valence-electron chi connectivity index (χ2n) is 6.25. The molecule has 1 aliphatic heterocycles. The number of amides is 2. The average Bonchev–Trinajstić information content (AvgIpc) is 2.92. The molecule has 0 spiro atoms. The van der Waals surface area contributed by atoms with Gasteiger partial charge < -0.3 is 9.26 Å². The van der Waals surface area contributed by atoms with Crippen LogP contribution < -0.4 is 9.84 Å². The van der Waals surface area contributed by atoms with E-state index in [9.17, 15) is 18.9 Å². The molecular formula is C17H23N2O7P. The van der Waals surface area contributed by atoms with Crippen molar-refractivity contribution in [2.75, 3.05) is 6.29 Å². The Kier molecular flexibility index (Phi) is 7.12. The fourth-order valence-electron chi connectivity index (χ4n) is 2.16. The minimum Gasteiger partial charge on any atom is -0.462 e. The molecule has 0 bridgehead atoms. The number of para-hydroxylation sites is 1. The third kappa shape index (κ3) is 6.16. The van der Waals surface area contributed by atoms with Crippen LogP contribution in [0.1, 0.15) is 33.6 Å². The lowest BCUT2D eigenvalue weighted by molar-refractivity contribution is -0.165. The molecule has 2 amide bonds. The molecule has 1 heterocycles. The van der Waals surface area contributed by atoms with Crippen LogP contribution in [0.2, 0.25) is 0 Å². The number of nitrogens with zero attached hydrogens (tertiary/aromatic N) is 1. The first-order chi connectivity index (χ1) is 12.7. The molecule has 1 aliphatic rings. The number of hydrogen-bond acceptors (Lipinski definition) is 8. The van der Waals surface area contributed by atoms with Crippen molar-refractivity contribution >= 4 is 25.4 Å². The van der Waals surface area contributed by atoms with Crippen LogP contribution >= 0.6 is 7.60 Å². The van der Waals surface area contributed by atoms with Crippen LogP contribution in [-0.4, -0.2) is 41.3 Å². The number of carbonyl (C=O) groups is 3. The maximum absolute atomic E-state index is 13.2. The first-order valence-electron chi connectivity index (χ1n) is 8.53. The van der Waals surface area contributed by atoms with Crippen LogP contribution in [0.25, 0.3) is 0 Å². The van der Waals surface area contributed by atoms with Gasteiger partial charge in [-0.3, -0.25) is 19.7 Å². The van der Waals surface area contributed by atoms with E-state index >= 15 is 0 Å².